The summed E-state index contributed by atoms with van der Waals surface area (Å²) >= 11 is 5.89. The fourth-order valence-electron chi connectivity index (χ4n) is 2.27. The second-order valence-corrected chi connectivity index (χ2v) is 4.86. The molecule has 0 radical (unpaired) electrons. The largest absolute Gasteiger partial charge is 0.389 e. The third kappa shape index (κ3) is 2.93. The average Bonchev–Trinajstić information content (AvgIpc) is 2.18. The van der Waals surface area contributed by atoms with Crippen LogP contribution in [0.2, 0.25) is 5.02 Å². The SMILES string of the molecule is OC1(Cc2cc(Cl)ccn2)CCCCC1. The predicted molar refractivity (Wildman–Crippen MR) is 61.0 cm³/mol. The van der Waals surface area contributed by atoms with E-state index in [1.54, 1.807) is 12.3 Å². The van der Waals surface area contributed by atoms with Gasteiger partial charge in [-0.15, -0.1) is 0 Å². The Labute approximate surface area is 95.3 Å². The van der Waals surface area contributed by atoms with Gasteiger partial charge < -0.3 is 5.11 Å². The van der Waals surface area contributed by atoms with Crippen molar-refractivity contribution in [2.45, 2.75) is 44.1 Å². The van der Waals surface area contributed by atoms with E-state index in [0.29, 0.717) is 11.4 Å². The van der Waals surface area contributed by atoms with E-state index in [1.807, 2.05) is 6.07 Å². The van der Waals surface area contributed by atoms with Crippen molar-refractivity contribution in [3.05, 3.63) is 29.0 Å². The van der Waals surface area contributed by atoms with Gasteiger partial charge in [0.2, 0.25) is 0 Å². The smallest absolute Gasteiger partial charge is 0.0703 e. The number of aliphatic hydroxyl groups is 1. The van der Waals surface area contributed by atoms with Crippen LogP contribution in [0.3, 0.4) is 0 Å². The van der Waals surface area contributed by atoms with Crippen LogP contribution < -0.4 is 0 Å². The summed E-state index contributed by atoms with van der Waals surface area (Å²) in [7, 11) is 0. The molecule has 82 valence electrons. The Morgan fingerprint density at radius 1 is 1.33 bits per heavy atom. The lowest BCUT2D eigenvalue weighted by molar-refractivity contribution is 0.00368. The summed E-state index contributed by atoms with van der Waals surface area (Å²) in [5.74, 6) is 0. The van der Waals surface area contributed by atoms with Crippen LogP contribution in [-0.2, 0) is 6.42 Å². The van der Waals surface area contributed by atoms with Gasteiger partial charge in [0.1, 0.15) is 0 Å². The standard InChI is InChI=1S/C12H16ClNO/c13-10-4-7-14-11(8-10)9-12(15)5-2-1-3-6-12/h4,7-8,15H,1-3,5-6,9H2. The zero-order valence-electron chi connectivity index (χ0n) is 8.75. The van der Waals surface area contributed by atoms with Crippen LogP contribution in [0.15, 0.2) is 18.3 Å². The molecule has 1 fully saturated rings. The minimum absolute atomic E-state index is 0.546. The molecule has 1 heterocycles. The van der Waals surface area contributed by atoms with Gasteiger partial charge in [-0.1, -0.05) is 30.9 Å². The highest BCUT2D eigenvalue weighted by molar-refractivity contribution is 6.30. The highest BCUT2D eigenvalue weighted by atomic mass is 35.5. The molecule has 0 saturated heterocycles. The first kappa shape index (κ1) is 10.9. The molecule has 2 nitrogen and oxygen atoms in total. The molecule has 0 bridgehead atoms. The fraction of sp³-hybridized carbons (Fsp3) is 0.583. The molecule has 0 aliphatic heterocycles. The van der Waals surface area contributed by atoms with Gasteiger partial charge in [-0.2, -0.15) is 0 Å². The molecular formula is C12H16ClNO. The lowest BCUT2D eigenvalue weighted by Gasteiger charge is -2.31. The molecule has 1 N–H and O–H groups in total. The molecular weight excluding hydrogens is 210 g/mol. The molecule has 1 aromatic rings. The van der Waals surface area contributed by atoms with E-state index in [4.69, 9.17) is 11.6 Å². The number of hydrogen-bond donors (Lipinski definition) is 1. The quantitative estimate of drug-likeness (QED) is 0.840. The van der Waals surface area contributed by atoms with Gasteiger partial charge in [-0.3, -0.25) is 4.98 Å². The predicted octanol–water partition coefficient (Wildman–Crippen LogP) is 2.97. The Kier molecular flexibility index (Phi) is 3.27. The molecule has 15 heavy (non-hydrogen) atoms. The van der Waals surface area contributed by atoms with Crippen LogP contribution in [-0.4, -0.2) is 15.7 Å². The summed E-state index contributed by atoms with van der Waals surface area (Å²) in [5, 5.41) is 11.0. The molecule has 3 heteroatoms. The van der Waals surface area contributed by atoms with E-state index in [1.165, 1.54) is 6.42 Å². The maximum Gasteiger partial charge on any atom is 0.0703 e. The molecule has 1 aromatic heterocycles. The van der Waals surface area contributed by atoms with Gasteiger partial charge >= 0.3 is 0 Å². The minimum atomic E-state index is -0.546. The summed E-state index contributed by atoms with van der Waals surface area (Å²) in [6, 6.07) is 3.60. The molecule has 0 atom stereocenters. The molecule has 2 rings (SSSR count). The molecule has 0 aromatic carbocycles. The van der Waals surface area contributed by atoms with Gasteiger partial charge in [0.15, 0.2) is 0 Å². The number of hydrogen-bond acceptors (Lipinski definition) is 2. The van der Waals surface area contributed by atoms with Crippen molar-refractivity contribution in [1.29, 1.82) is 0 Å². The maximum absolute atomic E-state index is 10.3. The number of halogens is 1. The lowest BCUT2D eigenvalue weighted by Crippen LogP contribution is -2.34. The van der Waals surface area contributed by atoms with Crippen LogP contribution in [0.1, 0.15) is 37.8 Å². The molecule has 1 saturated carbocycles. The molecule has 1 aliphatic carbocycles. The summed E-state index contributed by atoms with van der Waals surface area (Å²) in [6.45, 7) is 0. The third-order valence-corrected chi connectivity index (χ3v) is 3.31. The van der Waals surface area contributed by atoms with Crippen molar-refractivity contribution in [2.75, 3.05) is 0 Å². The van der Waals surface area contributed by atoms with Crippen molar-refractivity contribution >= 4 is 11.6 Å². The zero-order chi connectivity index (χ0) is 10.7. The normalized spacial score (nSPS) is 20.1. The highest BCUT2D eigenvalue weighted by Gasteiger charge is 2.29. The van der Waals surface area contributed by atoms with Crippen molar-refractivity contribution in [2.24, 2.45) is 0 Å². The number of pyridine rings is 1. The summed E-state index contributed by atoms with van der Waals surface area (Å²) in [5.41, 5.74) is 0.350. The van der Waals surface area contributed by atoms with Gasteiger partial charge in [0.05, 0.1) is 5.60 Å². The highest BCUT2D eigenvalue weighted by Crippen LogP contribution is 2.30. The van der Waals surface area contributed by atoms with Crippen molar-refractivity contribution in [3.63, 3.8) is 0 Å². The maximum atomic E-state index is 10.3. The second-order valence-electron chi connectivity index (χ2n) is 4.43. The van der Waals surface area contributed by atoms with Crippen molar-refractivity contribution in [3.8, 4) is 0 Å². The van der Waals surface area contributed by atoms with Gasteiger partial charge in [-0.25, -0.2) is 0 Å². The monoisotopic (exact) mass is 225 g/mol. The zero-order valence-corrected chi connectivity index (χ0v) is 9.50. The summed E-state index contributed by atoms with van der Waals surface area (Å²) in [4.78, 5) is 4.23. The van der Waals surface area contributed by atoms with E-state index in [0.717, 1.165) is 31.4 Å². The minimum Gasteiger partial charge on any atom is -0.389 e. The summed E-state index contributed by atoms with van der Waals surface area (Å²) < 4.78 is 0. The third-order valence-electron chi connectivity index (χ3n) is 3.07. The van der Waals surface area contributed by atoms with E-state index < -0.39 is 5.60 Å². The molecule has 1 aliphatic rings. The van der Waals surface area contributed by atoms with Crippen molar-refractivity contribution in [1.82, 2.24) is 4.98 Å². The molecule has 0 amide bonds. The van der Waals surface area contributed by atoms with Gasteiger partial charge in [0.25, 0.3) is 0 Å². The molecule has 0 unspecified atom stereocenters. The number of aromatic nitrogens is 1. The topological polar surface area (TPSA) is 33.1 Å². The Morgan fingerprint density at radius 3 is 2.73 bits per heavy atom. The first-order valence-electron chi connectivity index (χ1n) is 5.51. The fourth-order valence-corrected chi connectivity index (χ4v) is 2.45. The Bertz CT molecular complexity index is 334. The Morgan fingerprint density at radius 2 is 2.07 bits per heavy atom. The van der Waals surface area contributed by atoms with Crippen LogP contribution in [0.4, 0.5) is 0 Å². The number of rotatable bonds is 2. The first-order valence-corrected chi connectivity index (χ1v) is 5.89. The van der Waals surface area contributed by atoms with Crippen LogP contribution in [0.5, 0.6) is 0 Å². The van der Waals surface area contributed by atoms with Crippen LogP contribution in [0, 0.1) is 0 Å². The summed E-state index contributed by atoms with van der Waals surface area (Å²) in [6.07, 6.45) is 7.60. The Balaban J connectivity index is 2.06. The first-order chi connectivity index (χ1) is 7.18. The van der Waals surface area contributed by atoms with E-state index >= 15 is 0 Å². The lowest BCUT2D eigenvalue weighted by atomic mass is 9.81. The van der Waals surface area contributed by atoms with Gasteiger partial charge in [0, 0.05) is 23.3 Å². The van der Waals surface area contributed by atoms with E-state index in [2.05, 4.69) is 4.98 Å². The van der Waals surface area contributed by atoms with E-state index in [9.17, 15) is 5.11 Å². The van der Waals surface area contributed by atoms with Crippen LogP contribution >= 0.6 is 11.6 Å². The van der Waals surface area contributed by atoms with Gasteiger partial charge in [-0.05, 0) is 25.0 Å². The second kappa shape index (κ2) is 4.50. The molecule has 0 spiro atoms. The number of nitrogens with zero attached hydrogens (tertiary/aromatic N) is 1. The van der Waals surface area contributed by atoms with Crippen LogP contribution in [0.25, 0.3) is 0 Å². The van der Waals surface area contributed by atoms with Crippen molar-refractivity contribution < 1.29 is 5.11 Å². The average molecular weight is 226 g/mol. The van der Waals surface area contributed by atoms with E-state index in [-0.39, 0.29) is 0 Å². The Hall–Kier alpha value is -0.600.